The number of aromatic nitrogens is 3. The average molecular weight is 368 g/mol. The smallest absolute Gasteiger partial charge is 0.222 e. The first-order valence-electron chi connectivity index (χ1n) is 6.75. The summed E-state index contributed by atoms with van der Waals surface area (Å²) in [4.78, 5) is 0. The third-order valence-electron chi connectivity index (χ3n) is 3.28. The first-order valence-corrected chi connectivity index (χ1v) is 11.6. The molecule has 0 N–H and O–H groups in total. The summed E-state index contributed by atoms with van der Waals surface area (Å²) in [5, 5.41) is 3.85. The molecule has 3 nitrogen and oxygen atoms in total. The van der Waals surface area contributed by atoms with Gasteiger partial charge in [-0.2, -0.15) is 0 Å². The minimum Gasteiger partial charge on any atom is -0.286 e. The molecule has 116 valence electrons. The predicted octanol–water partition coefficient (Wildman–Crippen LogP) is 5.43. The molecule has 0 aromatic carbocycles. The molecule has 0 saturated heterocycles. The molecule has 22 heavy (non-hydrogen) atoms. The molecule has 0 spiro atoms. The van der Waals surface area contributed by atoms with Gasteiger partial charge in [0.1, 0.15) is 0 Å². The Kier molecular flexibility index (Phi) is 5.34. The molecule has 0 aliphatic carbocycles. The maximum atomic E-state index is 2.39. The van der Waals surface area contributed by atoms with E-state index >= 15 is 0 Å². The molecule has 0 atom stereocenters. The highest BCUT2D eigenvalue weighted by molar-refractivity contribution is 7.99. The molecule has 7 heteroatoms. The standard InChI is InChI=1S/C15H18N3PS3/c1-20-13-7-4-10-16(13)19(17-11-5-8-14(17)21-2)18-12-6-9-15(18)22-3/h4-12H,1-3H3. The summed E-state index contributed by atoms with van der Waals surface area (Å²) in [5.74, 6) is 0. The Bertz CT molecular complexity index is 646. The second-order valence-electron chi connectivity index (χ2n) is 4.45. The molecule has 0 bridgehead atoms. The summed E-state index contributed by atoms with van der Waals surface area (Å²) in [6.07, 6.45) is 13.0. The molecule has 3 aromatic rings. The summed E-state index contributed by atoms with van der Waals surface area (Å²) in [6.45, 7) is 0. The normalized spacial score (nSPS) is 11.5. The van der Waals surface area contributed by atoms with Gasteiger partial charge >= 0.3 is 0 Å². The molecular weight excluding hydrogens is 349 g/mol. The lowest BCUT2D eigenvalue weighted by molar-refractivity contribution is 0.918. The van der Waals surface area contributed by atoms with Crippen molar-refractivity contribution in [3.05, 3.63) is 55.0 Å². The van der Waals surface area contributed by atoms with Crippen molar-refractivity contribution in [2.24, 2.45) is 0 Å². The third-order valence-corrected chi connectivity index (χ3v) is 8.14. The SMILES string of the molecule is CSc1cccn1P(n1cccc1SC)n1cccc1SC. The molecule has 0 fully saturated rings. The number of hydrogen-bond donors (Lipinski definition) is 0. The Morgan fingerprint density at radius 1 is 0.636 bits per heavy atom. The lowest BCUT2D eigenvalue weighted by Gasteiger charge is -2.26. The van der Waals surface area contributed by atoms with E-state index in [1.54, 1.807) is 35.3 Å². The highest BCUT2D eigenvalue weighted by Crippen LogP contribution is 2.48. The van der Waals surface area contributed by atoms with Crippen LogP contribution in [0.4, 0.5) is 0 Å². The lowest BCUT2D eigenvalue weighted by Crippen LogP contribution is -2.09. The highest BCUT2D eigenvalue weighted by atomic mass is 32.2. The van der Waals surface area contributed by atoms with Gasteiger partial charge < -0.3 is 0 Å². The largest absolute Gasteiger partial charge is 0.286 e. The van der Waals surface area contributed by atoms with Crippen LogP contribution < -0.4 is 0 Å². The maximum Gasteiger partial charge on any atom is 0.222 e. The van der Waals surface area contributed by atoms with Crippen molar-refractivity contribution in [3.63, 3.8) is 0 Å². The Morgan fingerprint density at radius 2 is 0.955 bits per heavy atom. The summed E-state index contributed by atoms with van der Waals surface area (Å²) in [6, 6.07) is 12.9. The Hall–Kier alpha value is -0.680. The molecule has 0 amide bonds. The first-order chi connectivity index (χ1) is 10.8. The molecule has 0 aliphatic heterocycles. The first kappa shape index (κ1) is 16.2. The zero-order chi connectivity index (χ0) is 15.5. The summed E-state index contributed by atoms with van der Waals surface area (Å²) in [5.41, 5.74) is 0. The Labute approximate surface area is 145 Å². The van der Waals surface area contributed by atoms with Crippen LogP contribution in [-0.2, 0) is 0 Å². The van der Waals surface area contributed by atoms with Gasteiger partial charge in [0.05, 0.1) is 15.1 Å². The molecule has 0 saturated carbocycles. The van der Waals surface area contributed by atoms with Crippen LogP contribution in [0.15, 0.2) is 70.1 Å². The van der Waals surface area contributed by atoms with Crippen LogP contribution in [0.3, 0.4) is 0 Å². The van der Waals surface area contributed by atoms with Gasteiger partial charge in [-0.15, -0.1) is 35.3 Å². The lowest BCUT2D eigenvalue weighted by atomic mass is 10.7. The number of rotatable bonds is 6. The van der Waals surface area contributed by atoms with Crippen molar-refractivity contribution in [1.29, 1.82) is 0 Å². The molecular formula is C15H18N3PS3. The van der Waals surface area contributed by atoms with E-state index in [2.05, 4.69) is 86.8 Å². The van der Waals surface area contributed by atoms with Crippen LogP contribution in [-0.4, -0.2) is 31.8 Å². The second-order valence-corrected chi connectivity index (χ2v) is 8.76. The number of hydrogen-bond acceptors (Lipinski definition) is 3. The van der Waals surface area contributed by atoms with Gasteiger partial charge in [0.2, 0.25) is 8.37 Å². The minimum absolute atomic E-state index is 0.727. The fourth-order valence-electron chi connectivity index (χ4n) is 2.31. The van der Waals surface area contributed by atoms with Gasteiger partial charge in [-0.3, -0.25) is 13.0 Å². The molecule has 3 heterocycles. The van der Waals surface area contributed by atoms with E-state index in [1.807, 2.05) is 0 Å². The summed E-state index contributed by atoms with van der Waals surface area (Å²) in [7, 11) is -0.727. The van der Waals surface area contributed by atoms with E-state index in [1.165, 1.54) is 15.1 Å². The van der Waals surface area contributed by atoms with Gasteiger partial charge in [-0.1, -0.05) is 0 Å². The summed E-state index contributed by atoms with van der Waals surface area (Å²) >= 11 is 5.37. The van der Waals surface area contributed by atoms with E-state index in [4.69, 9.17) is 0 Å². The Morgan fingerprint density at radius 3 is 1.23 bits per heavy atom. The monoisotopic (exact) mass is 367 g/mol. The third kappa shape index (κ3) is 2.90. The van der Waals surface area contributed by atoms with Gasteiger partial charge in [0.15, 0.2) is 0 Å². The van der Waals surface area contributed by atoms with Crippen molar-refractivity contribution < 1.29 is 0 Å². The fourth-order valence-corrected chi connectivity index (χ4v) is 7.03. The molecule has 0 unspecified atom stereocenters. The fraction of sp³-hybridized carbons (Fsp3) is 0.200. The highest BCUT2D eigenvalue weighted by Gasteiger charge is 2.22. The van der Waals surface area contributed by atoms with Crippen molar-refractivity contribution in [2.75, 3.05) is 18.8 Å². The van der Waals surface area contributed by atoms with Crippen LogP contribution in [0, 0.1) is 0 Å². The van der Waals surface area contributed by atoms with Crippen LogP contribution in [0.25, 0.3) is 0 Å². The van der Waals surface area contributed by atoms with Gasteiger partial charge in [0.25, 0.3) is 0 Å². The summed E-state index contributed by atoms with van der Waals surface area (Å²) < 4.78 is 7.16. The van der Waals surface area contributed by atoms with Crippen molar-refractivity contribution in [3.8, 4) is 0 Å². The van der Waals surface area contributed by atoms with E-state index in [9.17, 15) is 0 Å². The van der Waals surface area contributed by atoms with Crippen molar-refractivity contribution in [1.82, 2.24) is 13.0 Å². The Balaban J connectivity index is 2.19. The average Bonchev–Trinajstić information content (AvgIpc) is 3.28. The van der Waals surface area contributed by atoms with Crippen LogP contribution in [0.5, 0.6) is 0 Å². The number of thioether (sulfide) groups is 3. The van der Waals surface area contributed by atoms with Crippen LogP contribution in [0.1, 0.15) is 0 Å². The predicted molar refractivity (Wildman–Crippen MR) is 102 cm³/mol. The van der Waals surface area contributed by atoms with E-state index in [0.29, 0.717) is 0 Å². The zero-order valence-corrected chi connectivity index (χ0v) is 16.1. The molecule has 3 rings (SSSR count). The van der Waals surface area contributed by atoms with Crippen molar-refractivity contribution >= 4 is 43.7 Å². The van der Waals surface area contributed by atoms with E-state index in [0.717, 1.165) is 0 Å². The van der Waals surface area contributed by atoms with Gasteiger partial charge in [-0.25, -0.2) is 0 Å². The topological polar surface area (TPSA) is 14.8 Å². The minimum atomic E-state index is -0.727. The van der Waals surface area contributed by atoms with Gasteiger partial charge in [-0.05, 0) is 55.2 Å². The van der Waals surface area contributed by atoms with Crippen LogP contribution in [0.2, 0.25) is 0 Å². The molecule has 0 radical (unpaired) electrons. The van der Waals surface area contributed by atoms with E-state index in [-0.39, 0.29) is 0 Å². The zero-order valence-electron chi connectivity index (χ0n) is 12.7. The van der Waals surface area contributed by atoms with E-state index < -0.39 is 8.37 Å². The molecule has 3 aromatic heterocycles. The molecule has 0 aliphatic rings. The quantitative estimate of drug-likeness (QED) is 0.427. The number of nitrogens with zero attached hydrogens (tertiary/aromatic N) is 3. The van der Waals surface area contributed by atoms with Crippen molar-refractivity contribution in [2.45, 2.75) is 15.1 Å². The second kappa shape index (κ2) is 7.26. The maximum absolute atomic E-state index is 2.39. The van der Waals surface area contributed by atoms with Crippen LogP contribution >= 0.6 is 43.7 Å². The van der Waals surface area contributed by atoms with Gasteiger partial charge in [0, 0.05) is 18.6 Å².